The van der Waals surface area contributed by atoms with Gasteiger partial charge in [-0.25, -0.2) is 0 Å². The minimum absolute atomic E-state index is 0.0313. The Hall–Kier alpha value is -0.0400. The lowest BCUT2D eigenvalue weighted by Crippen LogP contribution is -2.29. The predicted molar refractivity (Wildman–Crippen MR) is 47.3 cm³/mol. The van der Waals surface area contributed by atoms with Crippen molar-refractivity contribution in [3.05, 3.63) is 0 Å². The zero-order valence-corrected chi connectivity index (χ0v) is 7.88. The molecule has 0 spiro atoms. The van der Waals surface area contributed by atoms with E-state index in [1.54, 1.807) is 0 Å². The summed E-state index contributed by atoms with van der Waals surface area (Å²) < 4.78 is 0. The van der Waals surface area contributed by atoms with Crippen molar-refractivity contribution in [1.82, 2.24) is 0 Å². The fourth-order valence-electron chi connectivity index (χ4n) is 1.94. The Balaban J connectivity index is 2.40. The second-order valence-corrected chi connectivity index (χ2v) is 4.36. The van der Waals surface area contributed by atoms with Crippen LogP contribution in [0.4, 0.5) is 0 Å². The fourth-order valence-corrected chi connectivity index (χ4v) is 1.94. The number of hydrogen-bond acceptors (Lipinski definition) is 1. The summed E-state index contributed by atoms with van der Waals surface area (Å²) in [5.74, 6) is 2.04. The molecule has 0 saturated heterocycles. The second-order valence-electron chi connectivity index (χ2n) is 4.36. The quantitative estimate of drug-likeness (QED) is 0.618. The Morgan fingerprint density at radius 1 is 1.27 bits per heavy atom. The van der Waals surface area contributed by atoms with E-state index in [1.807, 2.05) is 0 Å². The number of aliphatic hydroxyl groups excluding tert-OH is 1. The molecule has 1 nitrogen and oxygen atoms in total. The van der Waals surface area contributed by atoms with Crippen molar-refractivity contribution in [3.8, 4) is 0 Å². The van der Waals surface area contributed by atoms with Crippen molar-refractivity contribution in [2.75, 3.05) is 0 Å². The third kappa shape index (κ3) is 2.19. The molecule has 0 bridgehead atoms. The van der Waals surface area contributed by atoms with Crippen LogP contribution in [0.2, 0.25) is 0 Å². The predicted octanol–water partition coefficient (Wildman–Crippen LogP) is 2.44. The molecule has 1 N–H and O–H groups in total. The van der Waals surface area contributed by atoms with Gasteiger partial charge < -0.3 is 5.11 Å². The van der Waals surface area contributed by atoms with Crippen LogP contribution >= 0.6 is 0 Å². The van der Waals surface area contributed by atoms with Crippen LogP contribution < -0.4 is 0 Å². The SMILES string of the molecule is CC(C)[C@@H]1CC[C@@H](C)[C@H](O)C1. The fraction of sp³-hybridized carbons (Fsp3) is 1.00. The van der Waals surface area contributed by atoms with Gasteiger partial charge in [0.1, 0.15) is 0 Å². The summed E-state index contributed by atoms with van der Waals surface area (Å²) in [5, 5.41) is 9.60. The Morgan fingerprint density at radius 3 is 2.36 bits per heavy atom. The van der Waals surface area contributed by atoms with E-state index in [1.165, 1.54) is 12.8 Å². The van der Waals surface area contributed by atoms with Crippen LogP contribution in [0.3, 0.4) is 0 Å². The van der Waals surface area contributed by atoms with Gasteiger partial charge in [0.25, 0.3) is 0 Å². The summed E-state index contributed by atoms with van der Waals surface area (Å²) in [6.45, 7) is 6.67. The van der Waals surface area contributed by atoms with Gasteiger partial charge in [0, 0.05) is 0 Å². The molecule has 11 heavy (non-hydrogen) atoms. The molecule has 1 fully saturated rings. The summed E-state index contributed by atoms with van der Waals surface area (Å²) in [7, 11) is 0. The summed E-state index contributed by atoms with van der Waals surface area (Å²) >= 11 is 0. The van der Waals surface area contributed by atoms with Gasteiger partial charge in [-0.3, -0.25) is 0 Å². The van der Waals surface area contributed by atoms with Crippen molar-refractivity contribution >= 4 is 0 Å². The molecule has 1 saturated carbocycles. The third-order valence-electron chi connectivity index (χ3n) is 3.14. The molecule has 1 aliphatic carbocycles. The highest BCUT2D eigenvalue weighted by Crippen LogP contribution is 2.32. The van der Waals surface area contributed by atoms with Gasteiger partial charge in [-0.05, 0) is 37.0 Å². The topological polar surface area (TPSA) is 20.2 Å². The van der Waals surface area contributed by atoms with Crippen molar-refractivity contribution in [3.63, 3.8) is 0 Å². The van der Waals surface area contributed by atoms with E-state index >= 15 is 0 Å². The molecule has 0 radical (unpaired) electrons. The molecule has 66 valence electrons. The summed E-state index contributed by atoms with van der Waals surface area (Å²) in [5.41, 5.74) is 0. The highest BCUT2D eigenvalue weighted by molar-refractivity contribution is 4.78. The second kappa shape index (κ2) is 3.57. The molecule has 0 heterocycles. The number of rotatable bonds is 1. The number of aliphatic hydroxyl groups is 1. The molecule has 0 unspecified atom stereocenters. The van der Waals surface area contributed by atoms with E-state index < -0.39 is 0 Å². The maximum atomic E-state index is 9.60. The van der Waals surface area contributed by atoms with E-state index in [2.05, 4.69) is 20.8 Å². The molecule has 3 atom stereocenters. The maximum Gasteiger partial charge on any atom is 0.0568 e. The molecular formula is C10H20O. The molecule has 1 heteroatoms. The number of hydrogen-bond donors (Lipinski definition) is 1. The van der Waals surface area contributed by atoms with Crippen LogP contribution in [0.15, 0.2) is 0 Å². The zero-order valence-electron chi connectivity index (χ0n) is 7.88. The van der Waals surface area contributed by atoms with Crippen molar-refractivity contribution < 1.29 is 5.11 Å². The molecular weight excluding hydrogens is 136 g/mol. The summed E-state index contributed by atoms with van der Waals surface area (Å²) in [6.07, 6.45) is 3.52. The molecule has 0 amide bonds. The van der Waals surface area contributed by atoms with Crippen molar-refractivity contribution in [2.45, 2.75) is 46.1 Å². The van der Waals surface area contributed by atoms with Crippen LogP contribution in [0.5, 0.6) is 0 Å². The average molecular weight is 156 g/mol. The van der Waals surface area contributed by atoms with Crippen LogP contribution in [-0.4, -0.2) is 11.2 Å². The zero-order chi connectivity index (χ0) is 8.43. The van der Waals surface area contributed by atoms with Crippen LogP contribution in [0, 0.1) is 17.8 Å². The maximum absolute atomic E-state index is 9.60. The van der Waals surface area contributed by atoms with Gasteiger partial charge in [0.2, 0.25) is 0 Å². The Kier molecular flexibility index (Phi) is 2.94. The van der Waals surface area contributed by atoms with Gasteiger partial charge in [0.05, 0.1) is 6.10 Å². The van der Waals surface area contributed by atoms with Crippen molar-refractivity contribution in [1.29, 1.82) is 0 Å². The summed E-state index contributed by atoms with van der Waals surface area (Å²) in [4.78, 5) is 0. The molecule has 0 aromatic rings. The van der Waals surface area contributed by atoms with Crippen LogP contribution in [0.25, 0.3) is 0 Å². The van der Waals surface area contributed by atoms with Gasteiger partial charge in [0.15, 0.2) is 0 Å². The first-order valence-electron chi connectivity index (χ1n) is 4.79. The molecule has 1 rings (SSSR count). The minimum Gasteiger partial charge on any atom is -0.393 e. The molecule has 1 aliphatic rings. The van der Waals surface area contributed by atoms with E-state index in [0.29, 0.717) is 5.92 Å². The van der Waals surface area contributed by atoms with E-state index in [-0.39, 0.29) is 6.10 Å². The van der Waals surface area contributed by atoms with Gasteiger partial charge in [-0.15, -0.1) is 0 Å². The Bertz CT molecular complexity index is 120. The van der Waals surface area contributed by atoms with Gasteiger partial charge in [-0.2, -0.15) is 0 Å². The average Bonchev–Trinajstić information content (AvgIpc) is 1.94. The first-order valence-corrected chi connectivity index (χ1v) is 4.79. The molecule has 0 aromatic carbocycles. The lowest BCUT2D eigenvalue weighted by Gasteiger charge is -2.33. The highest BCUT2D eigenvalue weighted by atomic mass is 16.3. The summed E-state index contributed by atoms with van der Waals surface area (Å²) in [6, 6.07) is 0. The molecule has 0 aromatic heterocycles. The first-order chi connectivity index (χ1) is 5.11. The lowest BCUT2D eigenvalue weighted by atomic mass is 9.76. The minimum atomic E-state index is -0.0313. The first kappa shape index (κ1) is 9.05. The van der Waals surface area contributed by atoms with Crippen LogP contribution in [-0.2, 0) is 0 Å². The standard InChI is InChI=1S/C10H20O/c1-7(2)9-5-4-8(3)10(11)6-9/h7-11H,4-6H2,1-3H3/t8-,9-,10-/m1/s1. The van der Waals surface area contributed by atoms with E-state index in [9.17, 15) is 5.11 Å². The lowest BCUT2D eigenvalue weighted by molar-refractivity contribution is 0.0410. The monoisotopic (exact) mass is 156 g/mol. The molecule has 0 aliphatic heterocycles. The van der Waals surface area contributed by atoms with Gasteiger partial charge in [-0.1, -0.05) is 20.8 Å². The normalized spacial score (nSPS) is 39.5. The van der Waals surface area contributed by atoms with Crippen LogP contribution in [0.1, 0.15) is 40.0 Å². The smallest absolute Gasteiger partial charge is 0.0568 e. The van der Waals surface area contributed by atoms with Crippen molar-refractivity contribution in [2.24, 2.45) is 17.8 Å². The third-order valence-corrected chi connectivity index (χ3v) is 3.14. The Morgan fingerprint density at radius 2 is 1.91 bits per heavy atom. The Labute approximate surface area is 69.8 Å². The van der Waals surface area contributed by atoms with E-state index in [0.717, 1.165) is 18.3 Å². The highest BCUT2D eigenvalue weighted by Gasteiger charge is 2.27. The largest absolute Gasteiger partial charge is 0.393 e. The van der Waals surface area contributed by atoms with Gasteiger partial charge >= 0.3 is 0 Å². The van der Waals surface area contributed by atoms with E-state index in [4.69, 9.17) is 0 Å².